The number of amides is 1. The molecule has 0 aromatic heterocycles. The predicted octanol–water partition coefficient (Wildman–Crippen LogP) is 3.10. The molecule has 1 saturated heterocycles. The Kier molecular flexibility index (Phi) is 6.13. The molecule has 1 saturated carbocycles. The van der Waals surface area contributed by atoms with E-state index < -0.39 is 5.60 Å². The monoisotopic (exact) mass is 344 g/mol. The average Bonchev–Trinajstić information content (AvgIpc) is 2.58. The zero-order valence-electron chi connectivity index (χ0n) is 15.4. The number of hydrogen-bond acceptors (Lipinski definition) is 3. The molecule has 1 aliphatic heterocycles. The molecule has 2 N–H and O–H groups in total. The summed E-state index contributed by atoms with van der Waals surface area (Å²) in [5.41, 5.74) is 0.580. The molecule has 4 heteroatoms. The fourth-order valence-electron chi connectivity index (χ4n) is 4.37. The van der Waals surface area contributed by atoms with E-state index in [2.05, 4.69) is 41.4 Å². The number of nitrogens with zero attached hydrogens (tertiary/aromatic N) is 1. The molecule has 0 bridgehead atoms. The first-order chi connectivity index (χ1) is 12.0. The molecule has 4 nitrogen and oxygen atoms in total. The summed E-state index contributed by atoms with van der Waals surface area (Å²) in [4.78, 5) is 14.9. The molecule has 1 aliphatic carbocycles. The van der Waals surface area contributed by atoms with Crippen LogP contribution in [0.1, 0.15) is 57.4 Å². The Morgan fingerprint density at radius 2 is 1.96 bits per heavy atom. The third kappa shape index (κ3) is 5.29. The van der Waals surface area contributed by atoms with Crippen molar-refractivity contribution < 1.29 is 9.90 Å². The highest BCUT2D eigenvalue weighted by molar-refractivity contribution is 5.77. The lowest BCUT2D eigenvalue weighted by atomic mass is 9.82. The second kappa shape index (κ2) is 8.33. The van der Waals surface area contributed by atoms with E-state index in [9.17, 15) is 9.90 Å². The van der Waals surface area contributed by atoms with Crippen molar-refractivity contribution in [3.63, 3.8) is 0 Å². The number of nitrogens with one attached hydrogen (secondary N) is 1. The van der Waals surface area contributed by atoms with E-state index in [4.69, 9.17) is 0 Å². The number of aliphatic hydroxyl groups is 1. The van der Waals surface area contributed by atoms with Crippen molar-refractivity contribution in [2.75, 3.05) is 13.1 Å². The summed E-state index contributed by atoms with van der Waals surface area (Å²) in [6.45, 7) is 5.21. The summed E-state index contributed by atoms with van der Waals surface area (Å²) in [5, 5.41) is 13.8. The third-order valence-corrected chi connectivity index (χ3v) is 5.86. The van der Waals surface area contributed by atoms with E-state index in [1.165, 1.54) is 12.0 Å². The van der Waals surface area contributed by atoms with E-state index >= 15 is 0 Å². The number of carbonyl (C=O) groups excluding carboxylic acids is 1. The Morgan fingerprint density at radius 1 is 1.24 bits per heavy atom. The van der Waals surface area contributed by atoms with Gasteiger partial charge in [0.25, 0.3) is 0 Å². The number of piperidine rings is 1. The van der Waals surface area contributed by atoms with E-state index in [0.717, 1.165) is 51.7 Å². The van der Waals surface area contributed by atoms with Crippen molar-refractivity contribution in [2.45, 2.75) is 70.1 Å². The highest BCUT2D eigenvalue weighted by Crippen LogP contribution is 2.31. The minimum absolute atomic E-state index is 0.0257. The molecule has 1 heterocycles. The van der Waals surface area contributed by atoms with Crippen molar-refractivity contribution in [2.24, 2.45) is 5.92 Å². The van der Waals surface area contributed by atoms with Gasteiger partial charge in [0.2, 0.25) is 5.91 Å². The zero-order chi connectivity index (χ0) is 17.7. The maximum absolute atomic E-state index is 12.4. The van der Waals surface area contributed by atoms with Gasteiger partial charge in [0, 0.05) is 25.7 Å². The SMILES string of the molecule is CC1CN(Cc2ccccc2)CCC1NC(=O)CC1(O)CCCCC1. The lowest BCUT2D eigenvalue weighted by Crippen LogP contribution is -2.51. The predicted molar refractivity (Wildman–Crippen MR) is 100 cm³/mol. The van der Waals surface area contributed by atoms with E-state index in [-0.39, 0.29) is 18.4 Å². The molecule has 0 radical (unpaired) electrons. The van der Waals surface area contributed by atoms with Crippen LogP contribution in [0.3, 0.4) is 0 Å². The number of carbonyl (C=O) groups is 1. The van der Waals surface area contributed by atoms with Gasteiger partial charge in [0.1, 0.15) is 0 Å². The maximum atomic E-state index is 12.4. The van der Waals surface area contributed by atoms with Crippen LogP contribution >= 0.6 is 0 Å². The van der Waals surface area contributed by atoms with Crippen LogP contribution in [0.15, 0.2) is 30.3 Å². The highest BCUT2D eigenvalue weighted by Gasteiger charge is 2.33. The van der Waals surface area contributed by atoms with Gasteiger partial charge in [-0.3, -0.25) is 9.69 Å². The Labute approximate surface area is 151 Å². The van der Waals surface area contributed by atoms with Crippen LogP contribution in [-0.4, -0.2) is 40.6 Å². The largest absolute Gasteiger partial charge is 0.389 e. The van der Waals surface area contributed by atoms with Gasteiger partial charge >= 0.3 is 0 Å². The lowest BCUT2D eigenvalue weighted by molar-refractivity contribution is -0.128. The molecular formula is C21H32N2O2. The molecule has 2 unspecified atom stereocenters. The summed E-state index contributed by atoms with van der Waals surface area (Å²) in [6, 6.07) is 10.8. The summed E-state index contributed by atoms with van der Waals surface area (Å²) in [7, 11) is 0. The number of likely N-dealkylation sites (tertiary alicyclic amines) is 1. The van der Waals surface area contributed by atoms with Crippen molar-refractivity contribution in [3.05, 3.63) is 35.9 Å². The van der Waals surface area contributed by atoms with Crippen LogP contribution in [-0.2, 0) is 11.3 Å². The van der Waals surface area contributed by atoms with Crippen LogP contribution in [0.5, 0.6) is 0 Å². The molecule has 3 rings (SSSR count). The fourth-order valence-corrected chi connectivity index (χ4v) is 4.37. The number of hydrogen-bond donors (Lipinski definition) is 2. The van der Waals surface area contributed by atoms with Gasteiger partial charge in [0.15, 0.2) is 0 Å². The van der Waals surface area contributed by atoms with Crippen LogP contribution < -0.4 is 5.32 Å². The molecule has 1 aromatic carbocycles. The normalized spacial score (nSPS) is 27.0. The molecule has 2 aliphatic rings. The standard InChI is InChI=1S/C21H32N2O2/c1-17-15-23(16-18-8-4-2-5-9-18)13-10-19(17)22-20(24)14-21(25)11-6-3-7-12-21/h2,4-5,8-9,17,19,25H,3,6-7,10-16H2,1H3,(H,22,24). The Balaban J connectivity index is 1.45. The van der Waals surface area contributed by atoms with Gasteiger partial charge in [0.05, 0.1) is 12.0 Å². The molecule has 0 spiro atoms. The van der Waals surface area contributed by atoms with Crippen molar-refractivity contribution in [3.8, 4) is 0 Å². The number of rotatable bonds is 5. The van der Waals surface area contributed by atoms with Crippen molar-refractivity contribution in [1.82, 2.24) is 10.2 Å². The molecule has 1 aromatic rings. The smallest absolute Gasteiger partial charge is 0.223 e. The van der Waals surface area contributed by atoms with Crippen LogP contribution in [0.4, 0.5) is 0 Å². The van der Waals surface area contributed by atoms with Gasteiger partial charge in [-0.05, 0) is 30.7 Å². The van der Waals surface area contributed by atoms with Gasteiger partial charge in [-0.25, -0.2) is 0 Å². The van der Waals surface area contributed by atoms with E-state index in [0.29, 0.717) is 5.92 Å². The summed E-state index contributed by atoms with van der Waals surface area (Å²) < 4.78 is 0. The first-order valence-electron chi connectivity index (χ1n) is 9.82. The van der Waals surface area contributed by atoms with E-state index in [1.54, 1.807) is 0 Å². The zero-order valence-corrected chi connectivity index (χ0v) is 15.4. The molecular weight excluding hydrogens is 312 g/mol. The average molecular weight is 344 g/mol. The summed E-state index contributed by atoms with van der Waals surface area (Å²) >= 11 is 0. The van der Waals surface area contributed by atoms with Gasteiger partial charge in [-0.2, -0.15) is 0 Å². The molecule has 25 heavy (non-hydrogen) atoms. The highest BCUT2D eigenvalue weighted by atomic mass is 16.3. The minimum atomic E-state index is -0.764. The maximum Gasteiger partial charge on any atom is 0.223 e. The van der Waals surface area contributed by atoms with E-state index in [1.807, 2.05) is 6.07 Å². The quantitative estimate of drug-likeness (QED) is 0.863. The topological polar surface area (TPSA) is 52.6 Å². The summed E-state index contributed by atoms with van der Waals surface area (Å²) in [5.74, 6) is 0.458. The molecule has 1 amide bonds. The van der Waals surface area contributed by atoms with Crippen molar-refractivity contribution >= 4 is 5.91 Å². The fraction of sp³-hybridized carbons (Fsp3) is 0.667. The van der Waals surface area contributed by atoms with Gasteiger partial charge in [-0.15, -0.1) is 0 Å². The molecule has 2 atom stereocenters. The Bertz CT molecular complexity index is 554. The van der Waals surface area contributed by atoms with Gasteiger partial charge < -0.3 is 10.4 Å². The Hall–Kier alpha value is -1.39. The molecule has 138 valence electrons. The first-order valence-corrected chi connectivity index (χ1v) is 9.82. The second-order valence-electron chi connectivity index (χ2n) is 8.12. The van der Waals surface area contributed by atoms with Gasteiger partial charge in [-0.1, -0.05) is 56.5 Å². The second-order valence-corrected chi connectivity index (χ2v) is 8.12. The van der Waals surface area contributed by atoms with Crippen molar-refractivity contribution in [1.29, 1.82) is 0 Å². The minimum Gasteiger partial charge on any atom is -0.389 e. The summed E-state index contributed by atoms with van der Waals surface area (Å²) in [6.07, 6.45) is 6.05. The lowest BCUT2D eigenvalue weighted by Gasteiger charge is -2.38. The van der Waals surface area contributed by atoms with Crippen LogP contribution in [0, 0.1) is 5.92 Å². The molecule has 2 fully saturated rings. The third-order valence-electron chi connectivity index (χ3n) is 5.86. The first kappa shape index (κ1) is 18.4. The van der Waals surface area contributed by atoms with Crippen LogP contribution in [0.2, 0.25) is 0 Å². The van der Waals surface area contributed by atoms with Crippen LogP contribution in [0.25, 0.3) is 0 Å². The Morgan fingerprint density at radius 3 is 2.64 bits per heavy atom. The number of benzene rings is 1.